The molecule has 2 rings (SSSR count). The minimum absolute atomic E-state index is 0.0536. The molecule has 2 N–H and O–H groups in total. The van der Waals surface area contributed by atoms with Crippen molar-refractivity contribution in [2.75, 3.05) is 26.2 Å². The molecule has 0 bridgehead atoms. The minimum Gasteiger partial charge on any atom is -0.456 e. The summed E-state index contributed by atoms with van der Waals surface area (Å²) in [5.74, 6) is 0.750. The first kappa shape index (κ1) is 14.1. The number of hydrogen-bond donors (Lipinski definition) is 2. The third-order valence-corrected chi connectivity index (χ3v) is 3.45. The fourth-order valence-corrected chi connectivity index (χ4v) is 2.42. The van der Waals surface area contributed by atoms with Crippen molar-refractivity contribution in [3.05, 3.63) is 23.7 Å². The Hall–Kier alpha value is -1.33. The van der Waals surface area contributed by atoms with Crippen molar-refractivity contribution in [1.29, 1.82) is 0 Å². The van der Waals surface area contributed by atoms with Crippen LogP contribution in [0.15, 0.2) is 16.5 Å². The number of carbonyl (C=O) groups excluding carboxylic acids is 1. The van der Waals surface area contributed by atoms with Crippen LogP contribution in [-0.4, -0.2) is 48.2 Å². The number of rotatable bonds is 5. The van der Waals surface area contributed by atoms with Crippen molar-refractivity contribution in [3.63, 3.8) is 0 Å². The van der Waals surface area contributed by atoms with Crippen LogP contribution in [0.4, 0.5) is 0 Å². The van der Waals surface area contributed by atoms with E-state index in [1.165, 1.54) is 19.3 Å². The molecule has 5 heteroatoms. The second kappa shape index (κ2) is 6.73. The van der Waals surface area contributed by atoms with Crippen molar-refractivity contribution in [3.8, 4) is 0 Å². The maximum Gasteiger partial charge on any atom is 0.287 e. The van der Waals surface area contributed by atoms with Gasteiger partial charge in [0.2, 0.25) is 0 Å². The summed E-state index contributed by atoms with van der Waals surface area (Å²) in [6, 6.07) is 3.17. The molecule has 0 aromatic carbocycles. The zero-order valence-corrected chi connectivity index (χ0v) is 11.4. The van der Waals surface area contributed by atoms with E-state index in [4.69, 9.17) is 4.42 Å². The maximum atomic E-state index is 11.9. The molecule has 1 amide bonds. The number of aliphatic hydroxyl groups excluding tert-OH is 1. The molecular formula is C14H22N2O3. The average Bonchev–Trinajstić information content (AvgIpc) is 2.86. The molecule has 0 radical (unpaired) electrons. The van der Waals surface area contributed by atoms with Gasteiger partial charge in [-0.2, -0.15) is 0 Å². The van der Waals surface area contributed by atoms with E-state index in [0.717, 1.165) is 13.1 Å². The van der Waals surface area contributed by atoms with Crippen LogP contribution in [0, 0.1) is 6.92 Å². The fraction of sp³-hybridized carbons (Fsp3) is 0.643. The normalized spacial score (nSPS) is 18.2. The Morgan fingerprint density at radius 1 is 1.42 bits per heavy atom. The second-order valence-corrected chi connectivity index (χ2v) is 5.12. The lowest BCUT2D eigenvalue weighted by Gasteiger charge is -2.29. The number of hydrogen-bond acceptors (Lipinski definition) is 4. The number of amides is 1. The van der Waals surface area contributed by atoms with Crippen molar-refractivity contribution in [2.24, 2.45) is 0 Å². The smallest absolute Gasteiger partial charge is 0.287 e. The minimum atomic E-state index is -0.260. The Balaban J connectivity index is 1.85. The van der Waals surface area contributed by atoms with Crippen molar-refractivity contribution >= 4 is 5.91 Å². The predicted molar refractivity (Wildman–Crippen MR) is 72.1 cm³/mol. The SMILES string of the molecule is Cc1ccc(C(=O)N[C@H](CO)CN2CCCCC2)o1. The van der Waals surface area contributed by atoms with Crippen molar-refractivity contribution < 1.29 is 14.3 Å². The lowest BCUT2D eigenvalue weighted by molar-refractivity contribution is 0.0858. The van der Waals surface area contributed by atoms with Gasteiger partial charge in [0.15, 0.2) is 5.76 Å². The van der Waals surface area contributed by atoms with Gasteiger partial charge < -0.3 is 19.7 Å². The van der Waals surface area contributed by atoms with Crippen molar-refractivity contribution in [2.45, 2.75) is 32.2 Å². The number of furan rings is 1. The summed E-state index contributed by atoms with van der Waals surface area (Å²) in [7, 11) is 0. The average molecular weight is 266 g/mol. The summed E-state index contributed by atoms with van der Waals surface area (Å²) >= 11 is 0. The summed E-state index contributed by atoms with van der Waals surface area (Å²) in [6.45, 7) is 4.54. The van der Waals surface area contributed by atoms with Gasteiger partial charge in [0.05, 0.1) is 12.6 Å². The Labute approximate surface area is 113 Å². The molecule has 106 valence electrons. The topological polar surface area (TPSA) is 65.7 Å². The van der Waals surface area contributed by atoms with Gasteiger partial charge >= 0.3 is 0 Å². The molecule has 0 saturated carbocycles. The molecule has 0 unspecified atom stereocenters. The first-order valence-corrected chi connectivity index (χ1v) is 6.89. The standard InChI is InChI=1S/C14H22N2O3/c1-11-5-6-13(19-11)14(18)15-12(10-17)9-16-7-3-2-4-8-16/h5-6,12,17H,2-4,7-10H2,1H3,(H,15,18)/t12-/m0/s1. The Morgan fingerprint density at radius 3 is 2.74 bits per heavy atom. The quantitative estimate of drug-likeness (QED) is 0.839. The van der Waals surface area contributed by atoms with E-state index in [2.05, 4.69) is 10.2 Å². The Morgan fingerprint density at radius 2 is 2.16 bits per heavy atom. The molecule has 0 aliphatic carbocycles. The third-order valence-electron chi connectivity index (χ3n) is 3.45. The van der Waals surface area contributed by atoms with Gasteiger partial charge in [-0.1, -0.05) is 6.42 Å². The largest absolute Gasteiger partial charge is 0.456 e. The summed E-state index contributed by atoms with van der Waals surface area (Å²) < 4.78 is 5.27. The molecule has 2 heterocycles. The van der Waals surface area contributed by atoms with Gasteiger partial charge in [0.1, 0.15) is 5.76 Å². The number of nitrogens with zero attached hydrogens (tertiary/aromatic N) is 1. The summed E-state index contributed by atoms with van der Waals surface area (Å²) in [4.78, 5) is 14.2. The van der Waals surface area contributed by atoms with E-state index in [1.807, 2.05) is 0 Å². The Bertz CT molecular complexity index is 411. The van der Waals surface area contributed by atoms with Crippen LogP contribution >= 0.6 is 0 Å². The number of aliphatic hydroxyl groups is 1. The number of nitrogens with one attached hydrogen (secondary N) is 1. The van der Waals surface area contributed by atoms with Gasteiger partial charge in [0.25, 0.3) is 5.91 Å². The highest BCUT2D eigenvalue weighted by Crippen LogP contribution is 2.10. The van der Waals surface area contributed by atoms with E-state index >= 15 is 0 Å². The van der Waals surface area contributed by atoms with Crippen LogP contribution in [0.3, 0.4) is 0 Å². The number of carbonyl (C=O) groups is 1. The molecule has 0 spiro atoms. The summed E-state index contributed by atoms with van der Waals surface area (Å²) in [5.41, 5.74) is 0. The van der Waals surface area contributed by atoms with E-state index in [9.17, 15) is 9.90 Å². The van der Waals surface area contributed by atoms with Gasteiger partial charge in [-0.25, -0.2) is 0 Å². The van der Waals surface area contributed by atoms with Crippen LogP contribution < -0.4 is 5.32 Å². The van der Waals surface area contributed by atoms with E-state index < -0.39 is 0 Å². The van der Waals surface area contributed by atoms with Crippen LogP contribution in [0.5, 0.6) is 0 Å². The second-order valence-electron chi connectivity index (χ2n) is 5.12. The highest BCUT2D eigenvalue weighted by atomic mass is 16.3. The lowest BCUT2D eigenvalue weighted by atomic mass is 10.1. The molecular weight excluding hydrogens is 244 g/mol. The zero-order valence-electron chi connectivity index (χ0n) is 11.4. The first-order chi connectivity index (χ1) is 9.19. The molecule has 1 saturated heterocycles. The fourth-order valence-electron chi connectivity index (χ4n) is 2.42. The van der Waals surface area contributed by atoms with E-state index in [1.54, 1.807) is 19.1 Å². The third kappa shape index (κ3) is 4.08. The first-order valence-electron chi connectivity index (χ1n) is 6.89. The Kier molecular flexibility index (Phi) is 4.99. The highest BCUT2D eigenvalue weighted by molar-refractivity contribution is 5.91. The van der Waals surface area contributed by atoms with Gasteiger partial charge in [-0.15, -0.1) is 0 Å². The zero-order chi connectivity index (χ0) is 13.7. The molecule has 1 aliphatic heterocycles. The maximum absolute atomic E-state index is 11.9. The summed E-state index contributed by atoms with van der Waals surface area (Å²) in [6.07, 6.45) is 3.67. The highest BCUT2D eigenvalue weighted by Gasteiger charge is 2.19. The van der Waals surface area contributed by atoms with Gasteiger partial charge in [-0.05, 0) is 45.0 Å². The monoisotopic (exact) mass is 266 g/mol. The molecule has 5 nitrogen and oxygen atoms in total. The molecule has 1 fully saturated rings. The number of likely N-dealkylation sites (tertiary alicyclic amines) is 1. The molecule has 1 aromatic rings. The molecule has 1 aromatic heterocycles. The van der Waals surface area contributed by atoms with E-state index in [0.29, 0.717) is 18.1 Å². The van der Waals surface area contributed by atoms with Crippen molar-refractivity contribution in [1.82, 2.24) is 10.2 Å². The van der Waals surface area contributed by atoms with Crippen LogP contribution in [-0.2, 0) is 0 Å². The van der Waals surface area contributed by atoms with Crippen LogP contribution in [0.25, 0.3) is 0 Å². The van der Waals surface area contributed by atoms with E-state index in [-0.39, 0.29) is 18.6 Å². The molecule has 1 aliphatic rings. The predicted octanol–water partition coefficient (Wildman–Crippen LogP) is 1.16. The lowest BCUT2D eigenvalue weighted by Crippen LogP contribution is -2.47. The van der Waals surface area contributed by atoms with Gasteiger partial charge in [0, 0.05) is 6.54 Å². The van der Waals surface area contributed by atoms with Crippen LogP contribution in [0.2, 0.25) is 0 Å². The molecule has 1 atom stereocenters. The van der Waals surface area contributed by atoms with Gasteiger partial charge in [-0.3, -0.25) is 4.79 Å². The van der Waals surface area contributed by atoms with Crippen LogP contribution in [0.1, 0.15) is 35.6 Å². The summed E-state index contributed by atoms with van der Waals surface area (Å²) in [5, 5.41) is 12.2. The molecule has 19 heavy (non-hydrogen) atoms. The number of aryl methyl sites for hydroxylation is 1. The number of piperidine rings is 1.